The lowest BCUT2D eigenvalue weighted by atomic mass is 10.1. The number of hydrogen-bond acceptors (Lipinski definition) is 4. The topological polar surface area (TPSA) is 49.0 Å². The van der Waals surface area contributed by atoms with Crippen molar-refractivity contribution < 1.29 is 4.79 Å². The summed E-state index contributed by atoms with van der Waals surface area (Å²) in [7, 11) is 0. The van der Waals surface area contributed by atoms with Gasteiger partial charge in [0.1, 0.15) is 5.69 Å². The van der Waals surface area contributed by atoms with Gasteiger partial charge in [-0.25, -0.2) is 4.98 Å². The summed E-state index contributed by atoms with van der Waals surface area (Å²) >= 11 is 1.68. The van der Waals surface area contributed by atoms with Crippen molar-refractivity contribution in [3.63, 3.8) is 0 Å². The van der Waals surface area contributed by atoms with Gasteiger partial charge in [-0.05, 0) is 39.2 Å². The standard InChI is InChI=1S/C15H19N3OS/c1-9-13(11(3)19)10(2)16-14(9)12-8-20-15(17-12)18-6-4-5-7-18/h8,16H,4-7H2,1-3H3. The van der Waals surface area contributed by atoms with E-state index in [1.54, 1.807) is 18.3 Å². The summed E-state index contributed by atoms with van der Waals surface area (Å²) < 4.78 is 0. The normalized spacial score (nSPS) is 15.1. The number of nitrogens with zero attached hydrogens (tertiary/aromatic N) is 2. The average Bonchev–Trinajstić information content (AvgIpc) is 3.08. The molecule has 0 unspecified atom stereocenters. The number of carbonyl (C=O) groups is 1. The van der Waals surface area contributed by atoms with Crippen LogP contribution in [0.15, 0.2) is 5.38 Å². The van der Waals surface area contributed by atoms with Crippen LogP contribution in [0.25, 0.3) is 11.4 Å². The lowest BCUT2D eigenvalue weighted by Crippen LogP contribution is -2.17. The van der Waals surface area contributed by atoms with Crippen molar-refractivity contribution in [3.8, 4) is 11.4 Å². The van der Waals surface area contributed by atoms with Crippen molar-refractivity contribution in [3.05, 3.63) is 22.2 Å². The second kappa shape index (κ2) is 5.05. The first-order valence-corrected chi connectivity index (χ1v) is 7.87. The predicted molar refractivity (Wildman–Crippen MR) is 82.8 cm³/mol. The molecule has 1 N–H and O–H groups in total. The number of rotatable bonds is 3. The van der Waals surface area contributed by atoms with Crippen LogP contribution in [0, 0.1) is 13.8 Å². The highest BCUT2D eigenvalue weighted by Gasteiger charge is 2.20. The molecular formula is C15H19N3OS. The third-order valence-electron chi connectivity index (χ3n) is 3.91. The second-order valence-electron chi connectivity index (χ2n) is 5.39. The van der Waals surface area contributed by atoms with Crippen LogP contribution in [-0.4, -0.2) is 28.8 Å². The molecule has 0 aliphatic carbocycles. The van der Waals surface area contributed by atoms with E-state index in [4.69, 9.17) is 4.98 Å². The highest BCUT2D eigenvalue weighted by atomic mass is 32.1. The van der Waals surface area contributed by atoms with E-state index in [1.165, 1.54) is 12.8 Å². The maximum atomic E-state index is 11.7. The molecule has 1 saturated heterocycles. The van der Waals surface area contributed by atoms with Gasteiger partial charge in [0.05, 0.1) is 5.69 Å². The van der Waals surface area contributed by atoms with Crippen LogP contribution in [0.1, 0.15) is 41.4 Å². The molecule has 3 heterocycles. The van der Waals surface area contributed by atoms with Crippen molar-refractivity contribution in [1.82, 2.24) is 9.97 Å². The number of anilines is 1. The van der Waals surface area contributed by atoms with E-state index in [0.717, 1.165) is 46.4 Å². The fourth-order valence-corrected chi connectivity index (χ4v) is 3.84. The lowest BCUT2D eigenvalue weighted by Gasteiger charge is -2.12. The maximum Gasteiger partial charge on any atom is 0.185 e. The largest absolute Gasteiger partial charge is 0.356 e. The summed E-state index contributed by atoms with van der Waals surface area (Å²) in [6.45, 7) is 7.76. The van der Waals surface area contributed by atoms with E-state index < -0.39 is 0 Å². The molecule has 0 aromatic carbocycles. The number of aromatic nitrogens is 2. The van der Waals surface area contributed by atoms with Crippen molar-refractivity contribution >= 4 is 22.3 Å². The fourth-order valence-electron chi connectivity index (χ4n) is 2.97. The molecule has 0 radical (unpaired) electrons. The molecule has 0 spiro atoms. The van der Waals surface area contributed by atoms with Crippen LogP contribution in [0.4, 0.5) is 5.13 Å². The molecular weight excluding hydrogens is 270 g/mol. The van der Waals surface area contributed by atoms with Gasteiger partial charge in [0.15, 0.2) is 10.9 Å². The highest BCUT2D eigenvalue weighted by molar-refractivity contribution is 7.14. The minimum absolute atomic E-state index is 0.109. The summed E-state index contributed by atoms with van der Waals surface area (Å²) in [6, 6.07) is 0. The number of nitrogens with one attached hydrogen (secondary N) is 1. The van der Waals surface area contributed by atoms with Crippen molar-refractivity contribution in [1.29, 1.82) is 0 Å². The van der Waals surface area contributed by atoms with Gasteiger partial charge >= 0.3 is 0 Å². The van der Waals surface area contributed by atoms with Crippen molar-refractivity contribution in [2.24, 2.45) is 0 Å². The molecule has 3 rings (SSSR count). The fraction of sp³-hybridized carbons (Fsp3) is 0.467. The zero-order chi connectivity index (χ0) is 14.3. The van der Waals surface area contributed by atoms with Crippen LogP contribution in [0.5, 0.6) is 0 Å². The highest BCUT2D eigenvalue weighted by Crippen LogP contribution is 2.32. The Balaban J connectivity index is 1.97. The van der Waals surface area contributed by atoms with Gasteiger partial charge in [-0.3, -0.25) is 4.79 Å². The Morgan fingerprint density at radius 1 is 1.35 bits per heavy atom. The van der Waals surface area contributed by atoms with E-state index in [1.807, 2.05) is 13.8 Å². The molecule has 5 heteroatoms. The molecule has 2 aromatic heterocycles. The first-order valence-electron chi connectivity index (χ1n) is 6.99. The maximum absolute atomic E-state index is 11.7. The average molecular weight is 289 g/mol. The van der Waals surface area contributed by atoms with E-state index in [-0.39, 0.29) is 5.78 Å². The molecule has 0 atom stereocenters. The van der Waals surface area contributed by atoms with Gasteiger partial charge in [0.25, 0.3) is 0 Å². The van der Waals surface area contributed by atoms with Gasteiger partial charge < -0.3 is 9.88 Å². The summed E-state index contributed by atoms with van der Waals surface area (Å²) in [4.78, 5) is 22.1. The Morgan fingerprint density at radius 3 is 2.65 bits per heavy atom. The summed E-state index contributed by atoms with van der Waals surface area (Å²) in [5.41, 5.74) is 4.67. The Kier molecular flexibility index (Phi) is 3.38. The molecule has 20 heavy (non-hydrogen) atoms. The molecule has 106 valence electrons. The Hall–Kier alpha value is -1.62. The summed E-state index contributed by atoms with van der Waals surface area (Å²) in [6.07, 6.45) is 2.51. The van der Waals surface area contributed by atoms with Crippen LogP contribution >= 0.6 is 11.3 Å². The minimum Gasteiger partial charge on any atom is -0.356 e. The number of ketones is 1. The van der Waals surface area contributed by atoms with E-state index in [0.29, 0.717) is 0 Å². The number of H-pyrrole nitrogens is 1. The molecule has 0 saturated carbocycles. The van der Waals surface area contributed by atoms with Gasteiger partial charge in [0, 0.05) is 29.7 Å². The van der Waals surface area contributed by atoms with Crippen LogP contribution in [0.2, 0.25) is 0 Å². The SMILES string of the molecule is CC(=O)c1c(C)[nH]c(-c2csc(N3CCCC3)n2)c1C. The van der Waals surface area contributed by atoms with Gasteiger partial charge in [0.2, 0.25) is 0 Å². The number of hydrogen-bond donors (Lipinski definition) is 1. The molecule has 2 aromatic rings. The van der Waals surface area contributed by atoms with Crippen LogP contribution in [0.3, 0.4) is 0 Å². The van der Waals surface area contributed by atoms with E-state index >= 15 is 0 Å². The van der Waals surface area contributed by atoms with Crippen LogP contribution < -0.4 is 4.90 Å². The summed E-state index contributed by atoms with van der Waals surface area (Å²) in [5.74, 6) is 0.109. The number of aryl methyl sites for hydroxylation is 1. The number of carbonyl (C=O) groups excluding carboxylic acids is 1. The van der Waals surface area contributed by atoms with E-state index in [2.05, 4.69) is 15.3 Å². The molecule has 0 bridgehead atoms. The third-order valence-corrected chi connectivity index (χ3v) is 4.82. The first-order chi connectivity index (χ1) is 9.58. The van der Waals surface area contributed by atoms with Gasteiger partial charge in [-0.2, -0.15) is 0 Å². The number of aromatic amines is 1. The predicted octanol–water partition coefficient (Wildman–Crippen LogP) is 3.56. The van der Waals surface area contributed by atoms with Gasteiger partial charge in [-0.15, -0.1) is 11.3 Å². The van der Waals surface area contributed by atoms with E-state index in [9.17, 15) is 4.79 Å². The van der Waals surface area contributed by atoms with Crippen molar-refractivity contribution in [2.75, 3.05) is 18.0 Å². The summed E-state index contributed by atoms with van der Waals surface area (Å²) in [5, 5.41) is 3.17. The third kappa shape index (κ3) is 2.16. The zero-order valence-electron chi connectivity index (χ0n) is 12.1. The van der Waals surface area contributed by atoms with Crippen molar-refractivity contribution in [2.45, 2.75) is 33.6 Å². The molecule has 1 aliphatic heterocycles. The second-order valence-corrected chi connectivity index (χ2v) is 6.23. The van der Waals surface area contributed by atoms with Gasteiger partial charge in [-0.1, -0.05) is 0 Å². The molecule has 1 fully saturated rings. The molecule has 4 nitrogen and oxygen atoms in total. The number of thiazole rings is 1. The molecule has 0 amide bonds. The minimum atomic E-state index is 0.109. The zero-order valence-corrected chi connectivity index (χ0v) is 12.9. The smallest absolute Gasteiger partial charge is 0.185 e. The molecule has 1 aliphatic rings. The quantitative estimate of drug-likeness (QED) is 0.879. The Bertz CT molecular complexity index is 650. The number of Topliss-reactive ketones (excluding diaryl/α,β-unsaturated/α-hetero) is 1. The van der Waals surface area contributed by atoms with Crippen LogP contribution in [-0.2, 0) is 0 Å². The monoisotopic (exact) mass is 289 g/mol. The Morgan fingerprint density at radius 2 is 2.05 bits per heavy atom. The first kappa shape index (κ1) is 13.4. The lowest BCUT2D eigenvalue weighted by molar-refractivity contribution is 0.101. The Labute approximate surface area is 122 Å².